The van der Waals surface area contributed by atoms with Crippen molar-refractivity contribution >= 4 is 5.97 Å². The van der Waals surface area contributed by atoms with E-state index in [1.54, 1.807) is 0 Å². The number of ether oxygens (including phenoxy) is 2. The van der Waals surface area contributed by atoms with E-state index in [1.165, 1.54) is 0 Å². The quantitative estimate of drug-likeness (QED) is 0.661. The molecule has 0 saturated carbocycles. The minimum Gasteiger partial charge on any atom is -0.494 e. The third kappa shape index (κ3) is 5.41. The SMILES string of the molecule is O=C(O)[C@@H]1C[C@@H](O)CN1Cc1ccc(OCCCN2CCOCC2)cc1. The summed E-state index contributed by atoms with van der Waals surface area (Å²) in [5.74, 6) is -0.0475. The van der Waals surface area contributed by atoms with E-state index in [0.29, 0.717) is 26.1 Å². The van der Waals surface area contributed by atoms with E-state index in [-0.39, 0.29) is 0 Å². The van der Waals surface area contributed by atoms with E-state index in [2.05, 4.69) is 4.90 Å². The molecule has 2 saturated heterocycles. The smallest absolute Gasteiger partial charge is 0.321 e. The van der Waals surface area contributed by atoms with Gasteiger partial charge in [-0.2, -0.15) is 0 Å². The Morgan fingerprint density at radius 2 is 1.96 bits per heavy atom. The van der Waals surface area contributed by atoms with Gasteiger partial charge in [-0.3, -0.25) is 14.6 Å². The van der Waals surface area contributed by atoms with Gasteiger partial charge in [0.2, 0.25) is 0 Å². The van der Waals surface area contributed by atoms with Gasteiger partial charge in [0.15, 0.2) is 0 Å². The molecule has 0 bridgehead atoms. The van der Waals surface area contributed by atoms with E-state index >= 15 is 0 Å². The van der Waals surface area contributed by atoms with Gasteiger partial charge >= 0.3 is 5.97 Å². The molecule has 0 unspecified atom stereocenters. The number of aliphatic carboxylic acids is 1. The van der Waals surface area contributed by atoms with Crippen LogP contribution >= 0.6 is 0 Å². The number of likely N-dealkylation sites (tertiary alicyclic amines) is 1. The second-order valence-electron chi connectivity index (χ2n) is 6.97. The topological polar surface area (TPSA) is 82.5 Å². The van der Waals surface area contributed by atoms with E-state index in [0.717, 1.165) is 50.6 Å². The molecular weight excluding hydrogens is 336 g/mol. The van der Waals surface area contributed by atoms with Gasteiger partial charge in [-0.1, -0.05) is 12.1 Å². The average Bonchev–Trinajstić information content (AvgIpc) is 3.01. The summed E-state index contributed by atoms with van der Waals surface area (Å²) >= 11 is 0. The number of β-amino-alcohol motifs (C(OH)–C–C–N with tert-alkyl or cyclic N) is 1. The van der Waals surface area contributed by atoms with Gasteiger partial charge in [0, 0.05) is 39.1 Å². The minimum atomic E-state index is -0.873. The zero-order chi connectivity index (χ0) is 18.4. The maximum absolute atomic E-state index is 11.3. The molecule has 3 rings (SSSR count). The van der Waals surface area contributed by atoms with Crippen LogP contribution in [0.5, 0.6) is 5.75 Å². The first kappa shape index (κ1) is 19.1. The predicted octanol–water partition coefficient (Wildman–Crippen LogP) is 0.808. The van der Waals surface area contributed by atoms with Crippen molar-refractivity contribution in [2.45, 2.75) is 31.5 Å². The molecule has 7 nitrogen and oxygen atoms in total. The first-order chi connectivity index (χ1) is 12.6. The van der Waals surface area contributed by atoms with Crippen molar-refractivity contribution in [1.82, 2.24) is 9.80 Å². The molecule has 2 aliphatic rings. The van der Waals surface area contributed by atoms with Crippen molar-refractivity contribution in [3.05, 3.63) is 29.8 Å². The van der Waals surface area contributed by atoms with Crippen LogP contribution in [0.1, 0.15) is 18.4 Å². The lowest BCUT2D eigenvalue weighted by Crippen LogP contribution is -2.37. The van der Waals surface area contributed by atoms with Gasteiger partial charge in [0.25, 0.3) is 0 Å². The third-order valence-corrected chi connectivity index (χ3v) is 4.97. The van der Waals surface area contributed by atoms with Gasteiger partial charge in [-0.25, -0.2) is 0 Å². The van der Waals surface area contributed by atoms with E-state index < -0.39 is 18.1 Å². The molecule has 0 amide bonds. The summed E-state index contributed by atoms with van der Waals surface area (Å²) in [4.78, 5) is 15.5. The fourth-order valence-electron chi connectivity index (χ4n) is 3.54. The number of aliphatic hydroxyl groups is 1. The second kappa shape index (κ2) is 9.32. The number of aliphatic hydroxyl groups excluding tert-OH is 1. The largest absolute Gasteiger partial charge is 0.494 e. The molecule has 0 spiro atoms. The lowest BCUT2D eigenvalue weighted by molar-refractivity contribution is -0.142. The van der Waals surface area contributed by atoms with Crippen LogP contribution in [0.25, 0.3) is 0 Å². The summed E-state index contributed by atoms with van der Waals surface area (Å²) in [5, 5.41) is 19.0. The summed E-state index contributed by atoms with van der Waals surface area (Å²) in [7, 11) is 0. The van der Waals surface area contributed by atoms with Gasteiger partial charge in [-0.05, 0) is 24.1 Å². The van der Waals surface area contributed by atoms with Crippen LogP contribution in [-0.2, 0) is 16.1 Å². The number of carbonyl (C=O) groups is 1. The zero-order valence-electron chi connectivity index (χ0n) is 15.0. The van der Waals surface area contributed by atoms with E-state index in [1.807, 2.05) is 29.2 Å². The number of benzene rings is 1. The van der Waals surface area contributed by atoms with Crippen molar-refractivity contribution in [2.75, 3.05) is 46.0 Å². The van der Waals surface area contributed by atoms with Crippen LogP contribution in [0.15, 0.2) is 24.3 Å². The van der Waals surface area contributed by atoms with E-state index in [9.17, 15) is 15.0 Å². The van der Waals surface area contributed by atoms with Gasteiger partial charge < -0.3 is 19.7 Å². The highest BCUT2D eigenvalue weighted by Gasteiger charge is 2.35. The molecule has 0 aromatic heterocycles. The highest BCUT2D eigenvalue weighted by molar-refractivity contribution is 5.74. The first-order valence-corrected chi connectivity index (χ1v) is 9.28. The number of carboxylic acid groups (broad SMARTS) is 1. The molecule has 2 aliphatic heterocycles. The minimum absolute atomic E-state index is 0.291. The lowest BCUT2D eigenvalue weighted by atomic mass is 10.1. The molecule has 0 aliphatic carbocycles. The van der Waals surface area contributed by atoms with Crippen molar-refractivity contribution < 1.29 is 24.5 Å². The number of hydrogen-bond acceptors (Lipinski definition) is 6. The maximum Gasteiger partial charge on any atom is 0.321 e. The average molecular weight is 364 g/mol. The molecule has 144 valence electrons. The van der Waals surface area contributed by atoms with Crippen LogP contribution in [-0.4, -0.2) is 84.1 Å². The predicted molar refractivity (Wildman–Crippen MR) is 96.3 cm³/mol. The maximum atomic E-state index is 11.3. The first-order valence-electron chi connectivity index (χ1n) is 9.28. The second-order valence-corrected chi connectivity index (χ2v) is 6.97. The Kier molecular flexibility index (Phi) is 6.85. The molecule has 2 atom stereocenters. The van der Waals surface area contributed by atoms with Gasteiger partial charge in [0.1, 0.15) is 11.8 Å². The van der Waals surface area contributed by atoms with Crippen LogP contribution in [0, 0.1) is 0 Å². The fraction of sp³-hybridized carbons (Fsp3) is 0.632. The summed E-state index contributed by atoms with van der Waals surface area (Å²) in [5.41, 5.74) is 1.02. The Morgan fingerprint density at radius 3 is 2.65 bits per heavy atom. The number of hydrogen-bond donors (Lipinski definition) is 2. The van der Waals surface area contributed by atoms with E-state index in [4.69, 9.17) is 9.47 Å². The molecular formula is C19H28N2O5. The molecule has 2 fully saturated rings. The Labute approximate surface area is 154 Å². The number of carboxylic acids is 1. The Hall–Kier alpha value is -1.67. The normalized spacial score (nSPS) is 24.7. The molecule has 7 heteroatoms. The Balaban J connectivity index is 1.41. The van der Waals surface area contributed by atoms with Crippen molar-refractivity contribution in [1.29, 1.82) is 0 Å². The number of morpholine rings is 1. The summed E-state index contributed by atoms with van der Waals surface area (Å²) < 4.78 is 11.1. The van der Waals surface area contributed by atoms with Crippen molar-refractivity contribution in [2.24, 2.45) is 0 Å². The van der Waals surface area contributed by atoms with Crippen LogP contribution in [0.2, 0.25) is 0 Å². The summed E-state index contributed by atoms with van der Waals surface area (Å²) in [6.45, 7) is 6.25. The number of rotatable bonds is 8. The van der Waals surface area contributed by atoms with Crippen LogP contribution in [0.3, 0.4) is 0 Å². The molecule has 1 aromatic carbocycles. The monoisotopic (exact) mass is 364 g/mol. The Bertz CT molecular complexity index is 574. The molecule has 0 radical (unpaired) electrons. The molecule has 26 heavy (non-hydrogen) atoms. The number of nitrogens with zero attached hydrogens (tertiary/aromatic N) is 2. The highest BCUT2D eigenvalue weighted by atomic mass is 16.5. The third-order valence-electron chi connectivity index (χ3n) is 4.97. The Morgan fingerprint density at radius 1 is 1.23 bits per heavy atom. The highest BCUT2D eigenvalue weighted by Crippen LogP contribution is 2.22. The van der Waals surface area contributed by atoms with Crippen LogP contribution in [0.4, 0.5) is 0 Å². The molecule has 2 N–H and O–H groups in total. The van der Waals surface area contributed by atoms with Crippen molar-refractivity contribution in [3.8, 4) is 5.75 Å². The van der Waals surface area contributed by atoms with Crippen molar-refractivity contribution in [3.63, 3.8) is 0 Å². The summed E-state index contributed by atoms with van der Waals surface area (Å²) in [6, 6.07) is 7.15. The van der Waals surface area contributed by atoms with Gasteiger partial charge in [-0.15, -0.1) is 0 Å². The molecule has 2 heterocycles. The summed E-state index contributed by atoms with van der Waals surface area (Å²) in [6.07, 6.45) is 0.707. The standard InChI is InChI=1S/C19H28N2O5/c22-16-12-18(19(23)24)21(14-16)13-15-2-4-17(5-3-15)26-9-1-6-20-7-10-25-11-8-20/h2-5,16,18,22H,1,6-14H2,(H,23,24)/t16-,18+/m1/s1. The fourth-order valence-corrected chi connectivity index (χ4v) is 3.54. The molecule has 1 aromatic rings. The zero-order valence-corrected chi connectivity index (χ0v) is 15.0. The van der Waals surface area contributed by atoms with Gasteiger partial charge in [0.05, 0.1) is 25.9 Å². The lowest BCUT2D eigenvalue weighted by Gasteiger charge is -2.26. The van der Waals surface area contributed by atoms with Crippen LogP contribution < -0.4 is 4.74 Å².